The Morgan fingerprint density at radius 2 is 1.47 bits per heavy atom. The van der Waals surface area contributed by atoms with Gasteiger partial charge in [-0.25, -0.2) is 8.78 Å². The van der Waals surface area contributed by atoms with Crippen LogP contribution in [0.4, 0.5) is 14.5 Å². The molecule has 0 unspecified atom stereocenters. The van der Waals surface area contributed by atoms with Crippen molar-refractivity contribution in [3.05, 3.63) is 62.6 Å². The number of anilines is 1. The van der Waals surface area contributed by atoms with Crippen molar-refractivity contribution in [2.24, 2.45) is 0 Å². The molecule has 0 amide bonds. The van der Waals surface area contributed by atoms with Crippen LogP contribution in [-0.2, 0) is 6.54 Å². The van der Waals surface area contributed by atoms with Crippen LogP contribution in [0.15, 0.2) is 30.3 Å². The zero-order chi connectivity index (χ0) is 14.0. The van der Waals surface area contributed by atoms with Crippen molar-refractivity contribution in [3.8, 4) is 0 Å². The Morgan fingerprint density at radius 3 is 2.11 bits per heavy atom. The average Bonchev–Trinajstić information content (AvgIpc) is 2.33. The van der Waals surface area contributed by atoms with Gasteiger partial charge in [0.15, 0.2) is 0 Å². The Kier molecular flexibility index (Phi) is 4.50. The normalized spacial score (nSPS) is 10.6. The first kappa shape index (κ1) is 14.4. The lowest BCUT2D eigenvalue weighted by Crippen LogP contribution is -2.02. The van der Waals surface area contributed by atoms with E-state index in [4.69, 9.17) is 34.8 Å². The molecule has 0 fully saturated rings. The second-order valence-electron chi connectivity index (χ2n) is 3.83. The second kappa shape index (κ2) is 5.95. The second-order valence-corrected chi connectivity index (χ2v) is 5.03. The number of rotatable bonds is 3. The highest BCUT2D eigenvalue weighted by Gasteiger charge is 2.10. The van der Waals surface area contributed by atoms with E-state index in [1.165, 1.54) is 12.1 Å². The molecule has 19 heavy (non-hydrogen) atoms. The highest BCUT2D eigenvalue weighted by Crippen LogP contribution is 2.32. The van der Waals surface area contributed by atoms with Gasteiger partial charge in [-0.15, -0.1) is 0 Å². The maximum absolute atomic E-state index is 13.0. The molecule has 1 N–H and O–H groups in total. The third-order valence-electron chi connectivity index (χ3n) is 2.47. The minimum absolute atomic E-state index is 0.209. The Bertz CT molecular complexity index is 597. The van der Waals surface area contributed by atoms with Gasteiger partial charge in [-0.1, -0.05) is 34.8 Å². The fourth-order valence-corrected chi connectivity index (χ4v) is 2.26. The van der Waals surface area contributed by atoms with Crippen LogP contribution in [0.1, 0.15) is 5.56 Å². The molecule has 0 heterocycles. The topological polar surface area (TPSA) is 12.0 Å². The quantitative estimate of drug-likeness (QED) is 0.732. The molecule has 0 saturated carbocycles. The lowest BCUT2D eigenvalue weighted by molar-refractivity contribution is 0.584. The summed E-state index contributed by atoms with van der Waals surface area (Å²) in [5.74, 6) is -1.32. The molecular formula is C13H8Cl3F2N. The van der Waals surface area contributed by atoms with Crippen LogP contribution in [0, 0.1) is 11.6 Å². The van der Waals surface area contributed by atoms with E-state index in [0.29, 0.717) is 26.3 Å². The first-order chi connectivity index (χ1) is 8.97. The van der Waals surface area contributed by atoms with Gasteiger partial charge in [0, 0.05) is 28.9 Å². The molecular weight excluding hydrogens is 315 g/mol. The van der Waals surface area contributed by atoms with Gasteiger partial charge in [-0.05, 0) is 24.3 Å². The molecule has 2 aromatic carbocycles. The van der Waals surface area contributed by atoms with E-state index in [1.54, 1.807) is 12.1 Å². The highest BCUT2D eigenvalue weighted by molar-refractivity contribution is 6.44. The largest absolute Gasteiger partial charge is 0.381 e. The Balaban J connectivity index is 2.21. The predicted molar refractivity (Wildman–Crippen MR) is 75.2 cm³/mol. The molecule has 0 aromatic heterocycles. The fraction of sp³-hybridized carbons (Fsp3) is 0.0769. The number of hydrogen-bond acceptors (Lipinski definition) is 1. The van der Waals surface area contributed by atoms with Crippen molar-refractivity contribution in [2.75, 3.05) is 5.32 Å². The molecule has 6 heteroatoms. The predicted octanol–water partition coefficient (Wildman–Crippen LogP) is 5.54. The Labute approximate surface area is 124 Å². The molecule has 0 radical (unpaired) electrons. The van der Waals surface area contributed by atoms with Crippen molar-refractivity contribution < 1.29 is 8.78 Å². The van der Waals surface area contributed by atoms with Crippen LogP contribution in [0.2, 0.25) is 15.1 Å². The van der Waals surface area contributed by atoms with E-state index in [1.807, 2.05) is 0 Å². The summed E-state index contributed by atoms with van der Waals surface area (Å²) in [5, 5.41) is 3.96. The summed E-state index contributed by atoms with van der Waals surface area (Å²) >= 11 is 17.9. The summed E-state index contributed by atoms with van der Waals surface area (Å²) in [6, 6.07) is 6.34. The zero-order valence-electron chi connectivity index (χ0n) is 9.48. The van der Waals surface area contributed by atoms with Gasteiger partial charge in [-0.2, -0.15) is 0 Å². The molecule has 0 spiro atoms. The highest BCUT2D eigenvalue weighted by atomic mass is 35.5. The molecule has 0 aliphatic carbocycles. The van der Waals surface area contributed by atoms with Crippen LogP contribution in [0.25, 0.3) is 0 Å². The number of hydrogen-bond donors (Lipinski definition) is 1. The lowest BCUT2D eigenvalue weighted by Gasteiger charge is -2.11. The number of halogens is 5. The summed E-state index contributed by atoms with van der Waals surface area (Å²) in [4.78, 5) is 0. The van der Waals surface area contributed by atoms with E-state index < -0.39 is 11.6 Å². The smallest absolute Gasteiger partial charge is 0.128 e. The van der Waals surface area contributed by atoms with E-state index in [9.17, 15) is 8.78 Å². The van der Waals surface area contributed by atoms with Gasteiger partial charge < -0.3 is 5.32 Å². The van der Waals surface area contributed by atoms with Crippen LogP contribution < -0.4 is 5.32 Å². The minimum Gasteiger partial charge on any atom is -0.381 e. The van der Waals surface area contributed by atoms with Crippen molar-refractivity contribution >= 4 is 40.5 Å². The molecule has 0 saturated heterocycles. The van der Waals surface area contributed by atoms with Crippen LogP contribution in [0.5, 0.6) is 0 Å². The SMILES string of the molecule is Fc1cc(F)cc(NCc2c(Cl)ccc(Cl)c2Cl)c1. The first-order valence-corrected chi connectivity index (χ1v) is 6.43. The first-order valence-electron chi connectivity index (χ1n) is 5.29. The average molecular weight is 323 g/mol. The minimum atomic E-state index is -0.661. The standard InChI is InChI=1S/C13H8Cl3F2N/c14-11-1-2-12(15)13(16)10(11)6-19-9-4-7(17)3-8(18)5-9/h1-5,19H,6H2. The maximum Gasteiger partial charge on any atom is 0.128 e. The van der Waals surface area contributed by atoms with Gasteiger partial charge in [0.05, 0.1) is 10.0 Å². The van der Waals surface area contributed by atoms with Gasteiger partial charge in [-0.3, -0.25) is 0 Å². The van der Waals surface area contributed by atoms with Crippen molar-refractivity contribution in [2.45, 2.75) is 6.54 Å². The molecule has 2 rings (SSSR count). The molecule has 0 aliphatic heterocycles. The van der Waals surface area contributed by atoms with Crippen molar-refractivity contribution in [1.29, 1.82) is 0 Å². The summed E-state index contributed by atoms with van der Waals surface area (Å²) in [5.41, 5.74) is 0.866. The molecule has 0 aliphatic rings. The molecule has 0 atom stereocenters. The van der Waals surface area contributed by atoms with E-state index in [2.05, 4.69) is 5.32 Å². The number of nitrogens with one attached hydrogen (secondary N) is 1. The Morgan fingerprint density at radius 1 is 0.895 bits per heavy atom. The molecule has 100 valence electrons. The monoisotopic (exact) mass is 321 g/mol. The maximum atomic E-state index is 13.0. The van der Waals surface area contributed by atoms with Crippen LogP contribution in [-0.4, -0.2) is 0 Å². The van der Waals surface area contributed by atoms with E-state index >= 15 is 0 Å². The lowest BCUT2D eigenvalue weighted by atomic mass is 10.2. The third kappa shape index (κ3) is 3.50. The van der Waals surface area contributed by atoms with Crippen LogP contribution in [0.3, 0.4) is 0 Å². The van der Waals surface area contributed by atoms with E-state index in [0.717, 1.165) is 6.07 Å². The van der Waals surface area contributed by atoms with Gasteiger partial charge in [0.2, 0.25) is 0 Å². The third-order valence-corrected chi connectivity index (χ3v) is 3.67. The summed E-state index contributed by atoms with van der Waals surface area (Å²) in [6.07, 6.45) is 0. The summed E-state index contributed by atoms with van der Waals surface area (Å²) in [6.45, 7) is 0.209. The van der Waals surface area contributed by atoms with Gasteiger partial charge in [0.25, 0.3) is 0 Å². The van der Waals surface area contributed by atoms with Crippen molar-refractivity contribution in [1.82, 2.24) is 0 Å². The zero-order valence-corrected chi connectivity index (χ0v) is 11.8. The molecule has 2 aromatic rings. The fourth-order valence-electron chi connectivity index (χ4n) is 1.58. The molecule has 0 bridgehead atoms. The van der Waals surface area contributed by atoms with Gasteiger partial charge >= 0.3 is 0 Å². The summed E-state index contributed by atoms with van der Waals surface area (Å²) in [7, 11) is 0. The molecule has 1 nitrogen and oxygen atoms in total. The van der Waals surface area contributed by atoms with Crippen LogP contribution >= 0.6 is 34.8 Å². The van der Waals surface area contributed by atoms with Crippen molar-refractivity contribution in [3.63, 3.8) is 0 Å². The van der Waals surface area contributed by atoms with Gasteiger partial charge in [0.1, 0.15) is 11.6 Å². The summed E-state index contributed by atoms with van der Waals surface area (Å²) < 4.78 is 26.0. The Hall–Kier alpha value is -1.03. The number of benzene rings is 2. The van der Waals surface area contributed by atoms with E-state index in [-0.39, 0.29) is 6.54 Å².